The predicted octanol–water partition coefficient (Wildman–Crippen LogP) is 3.23. The Labute approximate surface area is 106 Å². The molecule has 0 heterocycles. The van der Waals surface area contributed by atoms with E-state index >= 15 is 0 Å². The Balaban J connectivity index is 2.53. The number of hydrogen-bond donors (Lipinski definition) is 0. The second-order valence-corrected chi connectivity index (χ2v) is 4.06. The smallest absolute Gasteiger partial charge is 0.330 e. The van der Waals surface area contributed by atoms with Crippen LogP contribution in [0.4, 0.5) is 0 Å². The van der Waals surface area contributed by atoms with E-state index in [0.717, 1.165) is 6.08 Å². The Morgan fingerprint density at radius 3 is 2.41 bits per heavy atom. The normalized spacial score (nSPS) is 13.6. The van der Waals surface area contributed by atoms with Crippen LogP contribution in [0.5, 0.6) is 5.75 Å². The maximum atomic E-state index is 11.0. The molecule has 0 aliphatic rings. The summed E-state index contributed by atoms with van der Waals surface area (Å²) in [5.74, 6) is 0.229. The molecule has 0 N–H and O–H groups in total. The Morgan fingerprint density at radius 2 is 1.88 bits per heavy atom. The molecule has 92 valence electrons. The quantitative estimate of drug-likeness (QED) is 0.598. The highest BCUT2D eigenvalue weighted by Crippen LogP contribution is 2.18. The number of halogens is 1. The van der Waals surface area contributed by atoms with Crippen LogP contribution in [-0.2, 0) is 9.53 Å². The van der Waals surface area contributed by atoms with Gasteiger partial charge in [-0.15, -0.1) is 0 Å². The largest absolute Gasteiger partial charge is 0.487 e. The fraction of sp³-hybridized carbons (Fsp3) is 0.308. The average molecular weight is 255 g/mol. The Morgan fingerprint density at radius 1 is 1.29 bits per heavy atom. The summed E-state index contributed by atoms with van der Waals surface area (Å²) in [4.78, 5) is 11.0. The molecule has 2 unspecified atom stereocenters. The molecular formula is C13H15ClO3. The highest BCUT2D eigenvalue weighted by Gasteiger charge is 2.16. The third kappa shape index (κ3) is 4.49. The molecule has 0 spiro atoms. The fourth-order valence-corrected chi connectivity index (χ4v) is 1.28. The number of hydrogen-bond acceptors (Lipinski definition) is 3. The topological polar surface area (TPSA) is 35.5 Å². The van der Waals surface area contributed by atoms with Gasteiger partial charge < -0.3 is 9.47 Å². The summed E-state index contributed by atoms with van der Waals surface area (Å²) in [6, 6.07) is 7.01. The van der Waals surface area contributed by atoms with Crippen LogP contribution in [0.1, 0.15) is 13.8 Å². The van der Waals surface area contributed by atoms with Gasteiger partial charge in [0, 0.05) is 11.1 Å². The van der Waals surface area contributed by atoms with Crippen molar-refractivity contribution in [1.29, 1.82) is 0 Å². The molecule has 0 aliphatic heterocycles. The van der Waals surface area contributed by atoms with Crippen molar-refractivity contribution < 1.29 is 14.3 Å². The van der Waals surface area contributed by atoms with Crippen molar-refractivity contribution in [1.82, 2.24) is 0 Å². The molecule has 0 aliphatic carbocycles. The van der Waals surface area contributed by atoms with Crippen molar-refractivity contribution >= 4 is 17.6 Å². The van der Waals surface area contributed by atoms with Gasteiger partial charge in [-0.1, -0.05) is 18.2 Å². The molecule has 1 aromatic rings. The van der Waals surface area contributed by atoms with E-state index < -0.39 is 5.97 Å². The molecule has 0 radical (unpaired) electrons. The summed E-state index contributed by atoms with van der Waals surface area (Å²) >= 11 is 5.76. The third-order valence-electron chi connectivity index (χ3n) is 2.27. The van der Waals surface area contributed by atoms with E-state index in [4.69, 9.17) is 21.1 Å². The van der Waals surface area contributed by atoms with Gasteiger partial charge in [-0.25, -0.2) is 4.79 Å². The summed E-state index contributed by atoms with van der Waals surface area (Å²) in [6.45, 7) is 6.93. The molecule has 1 rings (SSSR count). The van der Waals surface area contributed by atoms with Crippen molar-refractivity contribution in [2.24, 2.45) is 0 Å². The third-order valence-corrected chi connectivity index (χ3v) is 2.52. The van der Waals surface area contributed by atoms with Gasteiger partial charge in [0.25, 0.3) is 0 Å². The van der Waals surface area contributed by atoms with Crippen molar-refractivity contribution in [3.63, 3.8) is 0 Å². The van der Waals surface area contributed by atoms with E-state index in [-0.39, 0.29) is 12.2 Å². The minimum absolute atomic E-state index is 0.250. The number of benzene rings is 1. The number of carbonyl (C=O) groups excluding carboxylic acids is 1. The van der Waals surface area contributed by atoms with Gasteiger partial charge in [-0.05, 0) is 38.1 Å². The van der Waals surface area contributed by atoms with E-state index in [0.29, 0.717) is 10.8 Å². The second kappa shape index (κ2) is 6.30. The van der Waals surface area contributed by atoms with E-state index in [1.807, 2.05) is 6.92 Å². The van der Waals surface area contributed by atoms with Crippen LogP contribution < -0.4 is 4.74 Å². The average Bonchev–Trinajstić information content (AvgIpc) is 2.31. The summed E-state index contributed by atoms with van der Waals surface area (Å²) in [5, 5.41) is 0.649. The summed E-state index contributed by atoms with van der Waals surface area (Å²) in [7, 11) is 0. The molecule has 0 aromatic heterocycles. The van der Waals surface area contributed by atoms with Crippen LogP contribution in [0.2, 0.25) is 5.02 Å². The summed E-state index contributed by atoms with van der Waals surface area (Å²) in [6.07, 6.45) is 0.530. The second-order valence-electron chi connectivity index (χ2n) is 3.62. The molecule has 0 fully saturated rings. The lowest BCUT2D eigenvalue weighted by molar-refractivity contribution is -0.146. The molecule has 0 saturated carbocycles. The molecule has 0 amide bonds. The number of esters is 1. The number of carbonyl (C=O) groups is 1. The van der Waals surface area contributed by atoms with Crippen LogP contribution in [0.3, 0.4) is 0 Å². The SMILES string of the molecule is C=CC(=O)OC(C)C(C)Oc1ccc(Cl)cc1. The molecule has 4 heteroatoms. The van der Waals surface area contributed by atoms with E-state index in [1.165, 1.54) is 0 Å². The Bertz CT molecular complexity index is 386. The van der Waals surface area contributed by atoms with Crippen molar-refractivity contribution in [3.05, 3.63) is 41.9 Å². The highest BCUT2D eigenvalue weighted by atomic mass is 35.5. The maximum absolute atomic E-state index is 11.0. The zero-order valence-corrected chi connectivity index (χ0v) is 10.6. The Kier molecular flexibility index (Phi) is 5.04. The zero-order chi connectivity index (χ0) is 12.8. The first-order valence-electron chi connectivity index (χ1n) is 5.28. The zero-order valence-electron chi connectivity index (χ0n) is 9.85. The van der Waals surface area contributed by atoms with Gasteiger partial charge >= 0.3 is 5.97 Å². The number of ether oxygens (including phenoxy) is 2. The van der Waals surface area contributed by atoms with Crippen LogP contribution in [-0.4, -0.2) is 18.2 Å². The van der Waals surface area contributed by atoms with Gasteiger partial charge in [0.15, 0.2) is 0 Å². The van der Waals surface area contributed by atoms with Gasteiger partial charge in [0.05, 0.1) is 0 Å². The van der Waals surface area contributed by atoms with Crippen LogP contribution in [0.25, 0.3) is 0 Å². The van der Waals surface area contributed by atoms with E-state index in [2.05, 4.69) is 6.58 Å². The van der Waals surface area contributed by atoms with Crippen LogP contribution >= 0.6 is 11.6 Å². The lowest BCUT2D eigenvalue weighted by atomic mass is 10.2. The van der Waals surface area contributed by atoms with E-state index in [9.17, 15) is 4.79 Å². The molecule has 3 nitrogen and oxygen atoms in total. The van der Waals surface area contributed by atoms with Gasteiger partial charge in [0.1, 0.15) is 18.0 Å². The highest BCUT2D eigenvalue weighted by molar-refractivity contribution is 6.30. The summed E-state index contributed by atoms with van der Waals surface area (Å²) in [5.41, 5.74) is 0. The van der Waals surface area contributed by atoms with Crippen molar-refractivity contribution in [2.75, 3.05) is 0 Å². The first kappa shape index (κ1) is 13.6. The first-order valence-corrected chi connectivity index (χ1v) is 5.66. The maximum Gasteiger partial charge on any atom is 0.330 e. The van der Waals surface area contributed by atoms with Crippen LogP contribution in [0, 0.1) is 0 Å². The monoisotopic (exact) mass is 254 g/mol. The fourth-order valence-electron chi connectivity index (χ4n) is 1.15. The lowest BCUT2D eigenvalue weighted by Crippen LogP contribution is -2.30. The molecule has 0 saturated heterocycles. The lowest BCUT2D eigenvalue weighted by Gasteiger charge is -2.21. The van der Waals surface area contributed by atoms with Crippen molar-refractivity contribution in [2.45, 2.75) is 26.1 Å². The molecule has 2 atom stereocenters. The van der Waals surface area contributed by atoms with Gasteiger partial charge in [-0.3, -0.25) is 0 Å². The standard InChI is InChI=1S/C13H15ClO3/c1-4-13(15)17-10(3)9(2)16-12-7-5-11(14)6-8-12/h4-10H,1H2,2-3H3. The molecule has 0 bridgehead atoms. The molecular weight excluding hydrogens is 240 g/mol. The van der Waals surface area contributed by atoms with Gasteiger partial charge in [-0.2, -0.15) is 0 Å². The van der Waals surface area contributed by atoms with Crippen molar-refractivity contribution in [3.8, 4) is 5.75 Å². The summed E-state index contributed by atoms with van der Waals surface area (Å²) < 4.78 is 10.7. The van der Waals surface area contributed by atoms with E-state index in [1.54, 1.807) is 31.2 Å². The molecule has 17 heavy (non-hydrogen) atoms. The Hall–Kier alpha value is -1.48. The first-order chi connectivity index (χ1) is 8.02. The number of rotatable bonds is 5. The van der Waals surface area contributed by atoms with Gasteiger partial charge in [0.2, 0.25) is 0 Å². The predicted molar refractivity (Wildman–Crippen MR) is 67.3 cm³/mol. The minimum Gasteiger partial charge on any atom is -0.487 e. The van der Waals surface area contributed by atoms with Crippen LogP contribution in [0.15, 0.2) is 36.9 Å². The minimum atomic E-state index is -0.455. The molecule has 1 aromatic carbocycles.